The van der Waals surface area contributed by atoms with Gasteiger partial charge in [0.1, 0.15) is 5.75 Å². The summed E-state index contributed by atoms with van der Waals surface area (Å²) >= 11 is 1.38. The summed E-state index contributed by atoms with van der Waals surface area (Å²) < 4.78 is 7.21. The van der Waals surface area contributed by atoms with Gasteiger partial charge in [0.2, 0.25) is 5.91 Å². The Morgan fingerprint density at radius 3 is 2.54 bits per heavy atom. The summed E-state index contributed by atoms with van der Waals surface area (Å²) in [5.74, 6) is 1.45. The highest BCUT2D eigenvalue weighted by molar-refractivity contribution is 8.00. The maximum Gasteiger partial charge on any atom is 0.233 e. The molecular formula is C20H23N5O2S. The predicted molar refractivity (Wildman–Crippen MR) is 110 cm³/mol. The highest BCUT2D eigenvalue weighted by Gasteiger charge is 2.21. The molecule has 0 bridgehead atoms. The van der Waals surface area contributed by atoms with Crippen molar-refractivity contribution in [2.75, 3.05) is 13.7 Å². The zero-order valence-corrected chi connectivity index (χ0v) is 16.9. The molecule has 1 atom stereocenters. The van der Waals surface area contributed by atoms with Crippen LogP contribution in [0, 0.1) is 0 Å². The molecule has 8 heteroatoms. The van der Waals surface area contributed by atoms with Crippen LogP contribution in [-0.2, 0) is 4.79 Å². The van der Waals surface area contributed by atoms with Crippen LogP contribution >= 0.6 is 11.8 Å². The monoisotopic (exact) mass is 397 g/mol. The van der Waals surface area contributed by atoms with E-state index in [1.54, 1.807) is 19.5 Å². The lowest BCUT2D eigenvalue weighted by molar-refractivity contribution is -0.120. The largest absolute Gasteiger partial charge is 0.497 e. The molecule has 0 aliphatic heterocycles. The highest BCUT2D eigenvalue weighted by Crippen LogP contribution is 2.30. The van der Waals surface area contributed by atoms with Crippen LogP contribution in [0.4, 0.5) is 0 Å². The maximum atomic E-state index is 12.3. The number of aromatic nitrogens is 4. The standard InChI is InChI=1S/C20H23N5O2S/c1-4-11-22-19(26)14(2)28-20-24-23-18(15-9-12-21-13-10-15)25(20)16-5-7-17(27-3)8-6-16/h5-10,12-14H,4,11H2,1-3H3,(H,22,26). The molecule has 7 nitrogen and oxygen atoms in total. The van der Waals surface area contributed by atoms with Crippen LogP contribution in [-0.4, -0.2) is 44.6 Å². The quantitative estimate of drug-likeness (QED) is 0.587. The van der Waals surface area contributed by atoms with Crippen molar-refractivity contribution in [2.24, 2.45) is 0 Å². The minimum absolute atomic E-state index is 0.0124. The minimum atomic E-state index is -0.293. The number of ether oxygens (including phenoxy) is 1. The number of pyridine rings is 1. The van der Waals surface area contributed by atoms with Crippen LogP contribution in [0.25, 0.3) is 17.1 Å². The number of hydrogen-bond donors (Lipinski definition) is 1. The number of nitrogens with one attached hydrogen (secondary N) is 1. The Morgan fingerprint density at radius 1 is 1.18 bits per heavy atom. The Labute approximate surface area is 168 Å². The average Bonchev–Trinajstić information content (AvgIpc) is 3.16. The van der Waals surface area contributed by atoms with Crippen molar-refractivity contribution < 1.29 is 9.53 Å². The first kappa shape index (κ1) is 19.9. The summed E-state index contributed by atoms with van der Waals surface area (Å²) in [6.45, 7) is 4.56. The molecule has 1 amide bonds. The van der Waals surface area contributed by atoms with Crippen molar-refractivity contribution in [3.8, 4) is 22.8 Å². The van der Waals surface area contributed by atoms with Gasteiger partial charge in [-0.15, -0.1) is 10.2 Å². The van der Waals surface area contributed by atoms with Crippen molar-refractivity contribution in [1.29, 1.82) is 0 Å². The molecule has 0 spiro atoms. The minimum Gasteiger partial charge on any atom is -0.497 e. The van der Waals surface area contributed by atoms with Gasteiger partial charge in [0, 0.05) is 30.2 Å². The van der Waals surface area contributed by atoms with E-state index in [9.17, 15) is 4.79 Å². The molecule has 2 aromatic heterocycles. The van der Waals surface area contributed by atoms with Gasteiger partial charge in [0.25, 0.3) is 0 Å². The summed E-state index contributed by atoms with van der Waals surface area (Å²) in [7, 11) is 1.63. The molecular weight excluding hydrogens is 374 g/mol. The van der Waals surface area contributed by atoms with Crippen LogP contribution in [0.1, 0.15) is 20.3 Å². The number of rotatable bonds is 8. The van der Waals surface area contributed by atoms with Gasteiger partial charge in [-0.2, -0.15) is 0 Å². The fourth-order valence-corrected chi connectivity index (χ4v) is 3.49. The Bertz CT molecular complexity index is 912. The van der Waals surface area contributed by atoms with Crippen LogP contribution in [0.2, 0.25) is 0 Å². The first-order chi connectivity index (χ1) is 13.6. The van der Waals surface area contributed by atoms with Crippen LogP contribution in [0.15, 0.2) is 53.9 Å². The van der Waals surface area contributed by atoms with Crippen molar-refractivity contribution >= 4 is 17.7 Å². The van der Waals surface area contributed by atoms with Gasteiger partial charge in [-0.3, -0.25) is 14.3 Å². The molecule has 0 radical (unpaired) electrons. The Balaban J connectivity index is 1.98. The Hall–Kier alpha value is -2.87. The molecule has 0 aliphatic carbocycles. The van der Waals surface area contributed by atoms with Gasteiger partial charge in [0.15, 0.2) is 11.0 Å². The molecule has 0 aliphatic rings. The molecule has 0 saturated carbocycles. The summed E-state index contributed by atoms with van der Waals surface area (Å²) in [6.07, 6.45) is 4.34. The fraction of sp³-hybridized carbons (Fsp3) is 0.300. The van der Waals surface area contributed by atoms with Gasteiger partial charge in [-0.25, -0.2) is 0 Å². The normalized spacial score (nSPS) is 11.8. The molecule has 1 unspecified atom stereocenters. The molecule has 3 rings (SSSR count). The first-order valence-electron chi connectivity index (χ1n) is 9.08. The highest BCUT2D eigenvalue weighted by atomic mass is 32.2. The Kier molecular flexibility index (Phi) is 6.65. The van der Waals surface area contributed by atoms with Crippen molar-refractivity contribution in [2.45, 2.75) is 30.7 Å². The van der Waals surface area contributed by atoms with E-state index in [1.165, 1.54) is 11.8 Å². The van der Waals surface area contributed by atoms with Gasteiger partial charge in [-0.05, 0) is 49.7 Å². The zero-order valence-electron chi connectivity index (χ0n) is 16.1. The van der Waals surface area contributed by atoms with Gasteiger partial charge in [-0.1, -0.05) is 18.7 Å². The summed E-state index contributed by atoms with van der Waals surface area (Å²) in [5.41, 5.74) is 1.79. The molecule has 0 fully saturated rings. The van der Waals surface area contributed by atoms with E-state index in [1.807, 2.05) is 54.8 Å². The smallest absolute Gasteiger partial charge is 0.233 e. The molecule has 3 aromatic rings. The zero-order chi connectivity index (χ0) is 19.9. The number of carbonyl (C=O) groups excluding carboxylic acids is 1. The SMILES string of the molecule is CCCNC(=O)C(C)Sc1nnc(-c2ccncc2)n1-c1ccc(OC)cc1. The number of methoxy groups -OCH3 is 1. The molecule has 2 heterocycles. The van der Waals surface area contributed by atoms with Gasteiger partial charge in [0.05, 0.1) is 12.4 Å². The second-order valence-electron chi connectivity index (χ2n) is 6.13. The summed E-state index contributed by atoms with van der Waals surface area (Å²) in [6, 6.07) is 11.4. The van der Waals surface area contributed by atoms with Gasteiger partial charge >= 0.3 is 0 Å². The molecule has 1 N–H and O–H groups in total. The molecule has 1 aromatic carbocycles. The summed E-state index contributed by atoms with van der Waals surface area (Å²) in [4.78, 5) is 16.4. The lowest BCUT2D eigenvalue weighted by Crippen LogP contribution is -2.31. The molecule has 146 valence electrons. The van der Waals surface area contributed by atoms with E-state index in [0.29, 0.717) is 17.5 Å². The predicted octanol–water partition coefficient (Wildman–Crippen LogP) is 3.34. The lowest BCUT2D eigenvalue weighted by Gasteiger charge is -2.14. The summed E-state index contributed by atoms with van der Waals surface area (Å²) in [5, 5.41) is 12.0. The second kappa shape index (κ2) is 9.36. The van der Waals surface area contributed by atoms with Crippen LogP contribution < -0.4 is 10.1 Å². The number of amides is 1. The fourth-order valence-electron chi connectivity index (χ4n) is 2.60. The van der Waals surface area contributed by atoms with Crippen molar-refractivity contribution in [3.63, 3.8) is 0 Å². The third-order valence-electron chi connectivity index (χ3n) is 4.10. The van der Waals surface area contributed by atoms with E-state index in [2.05, 4.69) is 20.5 Å². The first-order valence-corrected chi connectivity index (χ1v) is 9.96. The van der Waals surface area contributed by atoms with Crippen LogP contribution in [0.5, 0.6) is 5.75 Å². The van der Waals surface area contributed by atoms with Gasteiger partial charge < -0.3 is 10.1 Å². The number of benzene rings is 1. The molecule has 28 heavy (non-hydrogen) atoms. The van der Waals surface area contributed by atoms with E-state index >= 15 is 0 Å². The third-order valence-corrected chi connectivity index (χ3v) is 5.15. The van der Waals surface area contributed by atoms with E-state index in [-0.39, 0.29) is 11.2 Å². The topological polar surface area (TPSA) is 81.9 Å². The third kappa shape index (κ3) is 4.51. The van der Waals surface area contributed by atoms with Crippen molar-refractivity contribution in [1.82, 2.24) is 25.1 Å². The Morgan fingerprint density at radius 2 is 1.89 bits per heavy atom. The van der Waals surface area contributed by atoms with E-state index in [4.69, 9.17) is 4.74 Å². The molecule has 0 saturated heterocycles. The van der Waals surface area contributed by atoms with E-state index in [0.717, 1.165) is 23.4 Å². The van der Waals surface area contributed by atoms with Crippen LogP contribution in [0.3, 0.4) is 0 Å². The number of thioether (sulfide) groups is 1. The number of carbonyl (C=O) groups is 1. The maximum absolute atomic E-state index is 12.3. The van der Waals surface area contributed by atoms with Crippen molar-refractivity contribution in [3.05, 3.63) is 48.8 Å². The van der Waals surface area contributed by atoms with E-state index < -0.39 is 0 Å². The second-order valence-corrected chi connectivity index (χ2v) is 7.43. The average molecular weight is 398 g/mol. The lowest BCUT2D eigenvalue weighted by atomic mass is 10.2. The number of hydrogen-bond acceptors (Lipinski definition) is 6. The number of nitrogens with zero attached hydrogens (tertiary/aromatic N) is 4.